The fourth-order valence-corrected chi connectivity index (χ4v) is 2.99. The molecule has 31 heavy (non-hydrogen) atoms. The number of aromatic amines is 1. The van der Waals surface area contributed by atoms with Gasteiger partial charge in [0.1, 0.15) is 17.5 Å². The molecule has 6 nitrogen and oxygen atoms in total. The Hall–Kier alpha value is -3.62. The van der Waals surface area contributed by atoms with Crippen LogP contribution in [0.25, 0.3) is 11.3 Å². The molecular formula is C22H21F3N4O2. The molecule has 162 valence electrons. The van der Waals surface area contributed by atoms with Gasteiger partial charge in [-0.15, -0.1) is 0 Å². The molecule has 0 aliphatic rings. The molecule has 0 aliphatic carbocycles. The SMILES string of the molecule is CN(CCCc1cc(-c2cccc(F)c2)n[nH]1)C(=O)CNC(=O)c1cc(F)cc(F)c1. The van der Waals surface area contributed by atoms with E-state index in [-0.39, 0.29) is 23.8 Å². The molecular weight excluding hydrogens is 409 g/mol. The maximum absolute atomic E-state index is 13.3. The molecule has 2 aromatic carbocycles. The first-order chi connectivity index (χ1) is 14.8. The zero-order valence-electron chi connectivity index (χ0n) is 16.8. The number of hydrogen-bond donors (Lipinski definition) is 2. The number of nitrogens with one attached hydrogen (secondary N) is 2. The van der Waals surface area contributed by atoms with Gasteiger partial charge < -0.3 is 10.2 Å². The average molecular weight is 430 g/mol. The highest BCUT2D eigenvalue weighted by molar-refractivity contribution is 5.96. The second-order valence-corrected chi connectivity index (χ2v) is 7.05. The van der Waals surface area contributed by atoms with Crippen molar-refractivity contribution >= 4 is 11.8 Å². The smallest absolute Gasteiger partial charge is 0.251 e. The van der Waals surface area contributed by atoms with E-state index in [2.05, 4.69) is 15.5 Å². The highest BCUT2D eigenvalue weighted by Crippen LogP contribution is 2.19. The topological polar surface area (TPSA) is 78.1 Å². The van der Waals surface area contributed by atoms with E-state index in [0.29, 0.717) is 36.7 Å². The standard InChI is InChI=1S/C22H21F3N4O2/c1-29(21(30)13-26-22(31)15-9-17(24)11-18(25)10-15)7-3-6-19-12-20(28-27-19)14-4-2-5-16(23)8-14/h2,4-5,8-12H,3,6-7,13H2,1H3,(H,26,31)(H,27,28). The van der Waals surface area contributed by atoms with Crippen LogP contribution >= 0.6 is 0 Å². The Morgan fingerprint density at radius 2 is 1.77 bits per heavy atom. The minimum Gasteiger partial charge on any atom is -0.344 e. The number of H-pyrrole nitrogens is 1. The van der Waals surface area contributed by atoms with Crippen molar-refractivity contribution in [3.63, 3.8) is 0 Å². The molecule has 0 bridgehead atoms. The third-order valence-electron chi connectivity index (χ3n) is 4.64. The number of benzene rings is 2. The van der Waals surface area contributed by atoms with E-state index in [4.69, 9.17) is 0 Å². The Kier molecular flexibility index (Phi) is 7.07. The predicted molar refractivity (Wildman–Crippen MR) is 109 cm³/mol. The normalized spacial score (nSPS) is 10.7. The van der Waals surface area contributed by atoms with Gasteiger partial charge in [0.05, 0.1) is 12.2 Å². The van der Waals surface area contributed by atoms with Crippen LogP contribution in [-0.2, 0) is 11.2 Å². The van der Waals surface area contributed by atoms with Gasteiger partial charge in [0.15, 0.2) is 0 Å². The third-order valence-corrected chi connectivity index (χ3v) is 4.64. The maximum atomic E-state index is 13.3. The Balaban J connectivity index is 1.44. The molecule has 2 amide bonds. The van der Waals surface area contributed by atoms with Crippen LogP contribution in [0.1, 0.15) is 22.5 Å². The van der Waals surface area contributed by atoms with Crippen molar-refractivity contribution in [2.75, 3.05) is 20.1 Å². The minimum atomic E-state index is -0.868. The monoisotopic (exact) mass is 430 g/mol. The number of rotatable bonds is 8. The summed E-state index contributed by atoms with van der Waals surface area (Å²) < 4.78 is 39.7. The molecule has 2 N–H and O–H groups in total. The van der Waals surface area contributed by atoms with Gasteiger partial charge in [-0.05, 0) is 43.2 Å². The largest absolute Gasteiger partial charge is 0.344 e. The van der Waals surface area contributed by atoms with E-state index in [9.17, 15) is 22.8 Å². The van der Waals surface area contributed by atoms with Crippen molar-refractivity contribution in [1.29, 1.82) is 0 Å². The fraction of sp³-hybridized carbons (Fsp3) is 0.227. The number of halogens is 3. The second kappa shape index (κ2) is 9.92. The van der Waals surface area contributed by atoms with Crippen molar-refractivity contribution in [1.82, 2.24) is 20.4 Å². The molecule has 0 atom stereocenters. The van der Waals surface area contributed by atoms with Crippen molar-refractivity contribution in [3.8, 4) is 11.3 Å². The second-order valence-electron chi connectivity index (χ2n) is 7.05. The van der Waals surface area contributed by atoms with Gasteiger partial charge in [-0.2, -0.15) is 5.10 Å². The number of hydrogen-bond acceptors (Lipinski definition) is 3. The molecule has 3 aromatic rings. The summed E-state index contributed by atoms with van der Waals surface area (Å²) in [5, 5.41) is 9.44. The lowest BCUT2D eigenvalue weighted by atomic mass is 10.1. The zero-order chi connectivity index (χ0) is 22.4. The number of aromatic nitrogens is 2. The number of amides is 2. The van der Waals surface area contributed by atoms with Gasteiger partial charge in [-0.25, -0.2) is 13.2 Å². The van der Waals surface area contributed by atoms with Crippen LogP contribution < -0.4 is 5.32 Å². The van der Waals surface area contributed by atoms with Crippen LogP contribution in [0.4, 0.5) is 13.2 Å². The van der Waals surface area contributed by atoms with Crippen molar-refractivity contribution in [2.45, 2.75) is 12.8 Å². The van der Waals surface area contributed by atoms with Gasteiger partial charge in [0.25, 0.3) is 5.91 Å². The van der Waals surface area contributed by atoms with Gasteiger partial charge >= 0.3 is 0 Å². The number of nitrogens with zero attached hydrogens (tertiary/aromatic N) is 2. The lowest BCUT2D eigenvalue weighted by Gasteiger charge is -2.17. The summed E-state index contributed by atoms with van der Waals surface area (Å²) in [6, 6.07) is 10.4. The van der Waals surface area contributed by atoms with Crippen LogP contribution in [-0.4, -0.2) is 47.0 Å². The quantitative estimate of drug-likeness (QED) is 0.576. The summed E-state index contributed by atoms with van der Waals surface area (Å²) in [5.41, 5.74) is 1.96. The first-order valence-electron chi connectivity index (χ1n) is 9.60. The predicted octanol–water partition coefficient (Wildman–Crippen LogP) is 3.32. The van der Waals surface area contributed by atoms with E-state index in [1.165, 1.54) is 17.0 Å². The molecule has 0 spiro atoms. The minimum absolute atomic E-state index is 0.193. The van der Waals surface area contributed by atoms with Crippen LogP contribution in [0.2, 0.25) is 0 Å². The van der Waals surface area contributed by atoms with Crippen LogP contribution in [0.3, 0.4) is 0 Å². The Labute approximate surface area is 177 Å². The Bertz CT molecular complexity index is 1060. The fourth-order valence-electron chi connectivity index (χ4n) is 2.99. The van der Waals surface area contributed by atoms with Gasteiger partial charge in [0, 0.05) is 36.5 Å². The average Bonchev–Trinajstić information content (AvgIpc) is 3.20. The van der Waals surface area contributed by atoms with Crippen molar-refractivity contribution in [2.24, 2.45) is 0 Å². The van der Waals surface area contributed by atoms with Crippen molar-refractivity contribution < 1.29 is 22.8 Å². The lowest BCUT2D eigenvalue weighted by Crippen LogP contribution is -2.38. The summed E-state index contributed by atoms with van der Waals surface area (Å²) >= 11 is 0. The van der Waals surface area contributed by atoms with Crippen LogP contribution in [0.15, 0.2) is 48.5 Å². The number of carbonyl (C=O) groups excluding carboxylic acids is 2. The zero-order valence-corrected chi connectivity index (χ0v) is 16.8. The molecule has 0 saturated carbocycles. The highest BCUT2D eigenvalue weighted by atomic mass is 19.1. The number of carbonyl (C=O) groups is 2. The van der Waals surface area contributed by atoms with Crippen LogP contribution in [0, 0.1) is 17.5 Å². The maximum Gasteiger partial charge on any atom is 0.251 e. The number of aryl methyl sites for hydroxylation is 1. The Morgan fingerprint density at radius 1 is 1.03 bits per heavy atom. The first kappa shape index (κ1) is 22.1. The Morgan fingerprint density at radius 3 is 2.48 bits per heavy atom. The molecule has 0 unspecified atom stereocenters. The van der Waals surface area contributed by atoms with Gasteiger partial charge in [-0.1, -0.05) is 12.1 Å². The molecule has 9 heteroatoms. The molecule has 0 fully saturated rings. The van der Waals surface area contributed by atoms with Crippen molar-refractivity contribution in [3.05, 3.63) is 77.2 Å². The molecule has 0 aliphatic heterocycles. The summed E-state index contributed by atoms with van der Waals surface area (Å²) in [6.45, 7) is 0.138. The van der Waals surface area contributed by atoms with Gasteiger partial charge in [-0.3, -0.25) is 14.7 Å². The summed E-state index contributed by atoms with van der Waals surface area (Å²) in [5.74, 6) is -3.14. The summed E-state index contributed by atoms with van der Waals surface area (Å²) in [4.78, 5) is 25.6. The molecule has 0 saturated heterocycles. The molecule has 3 rings (SSSR count). The third kappa shape index (κ3) is 6.18. The molecule has 0 radical (unpaired) electrons. The van der Waals surface area contributed by atoms with Gasteiger partial charge in [0.2, 0.25) is 5.91 Å². The van der Waals surface area contributed by atoms with E-state index in [1.54, 1.807) is 19.2 Å². The lowest BCUT2D eigenvalue weighted by molar-refractivity contribution is -0.128. The summed E-state index contributed by atoms with van der Waals surface area (Å²) in [6.07, 6.45) is 1.25. The van der Waals surface area contributed by atoms with E-state index in [1.807, 2.05) is 6.07 Å². The first-order valence-corrected chi connectivity index (χ1v) is 9.60. The van der Waals surface area contributed by atoms with E-state index >= 15 is 0 Å². The number of likely N-dealkylation sites (N-methyl/N-ethyl adjacent to an activating group) is 1. The van der Waals surface area contributed by atoms with E-state index < -0.39 is 17.5 Å². The van der Waals surface area contributed by atoms with Crippen LogP contribution in [0.5, 0.6) is 0 Å². The molecule has 1 aromatic heterocycles. The highest BCUT2D eigenvalue weighted by Gasteiger charge is 2.13. The summed E-state index contributed by atoms with van der Waals surface area (Å²) in [7, 11) is 1.60. The van der Waals surface area contributed by atoms with E-state index in [0.717, 1.165) is 17.8 Å². The molecule has 1 heterocycles.